The fourth-order valence-corrected chi connectivity index (χ4v) is 2.59. The van der Waals surface area contributed by atoms with E-state index in [1.165, 1.54) is 18.4 Å². The molecule has 1 aromatic heterocycles. The smallest absolute Gasteiger partial charge is 0.140 e. The summed E-state index contributed by atoms with van der Waals surface area (Å²) in [4.78, 5) is 11.3. The van der Waals surface area contributed by atoms with Crippen molar-refractivity contribution in [3.05, 3.63) is 46.4 Å². The van der Waals surface area contributed by atoms with Crippen LogP contribution in [0.15, 0.2) is 24.3 Å². The van der Waals surface area contributed by atoms with Crippen LogP contribution in [0.4, 0.5) is 11.5 Å². The maximum atomic E-state index is 6.29. The molecule has 0 bridgehead atoms. The predicted octanol–water partition coefficient (Wildman–Crippen LogP) is 4.65. The molecule has 1 fully saturated rings. The van der Waals surface area contributed by atoms with Crippen molar-refractivity contribution >= 4 is 23.1 Å². The first-order valence-corrected chi connectivity index (χ1v) is 7.84. The summed E-state index contributed by atoms with van der Waals surface area (Å²) in [5.41, 5.74) is 3.39. The summed E-state index contributed by atoms with van der Waals surface area (Å²) in [5.74, 6) is 2.29. The Morgan fingerprint density at radius 1 is 1.19 bits per heavy atom. The fraction of sp³-hybridized carbons (Fsp3) is 0.412. The van der Waals surface area contributed by atoms with Crippen molar-refractivity contribution in [3.63, 3.8) is 0 Å². The topological polar surface area (TPSA) is 29.0 Å². The number of rotatable bonds is 4. The molecule has 1 heterocycles. The SMILES string of the molecule is CCc1ccc(N(C)c2nc(C3CC3)nc(Cl)c2C)cc1. The van der Waals surface area contributed by atoms with Gasteiger partial charge in [0.1, 0.15) is 16.8 Å². The van der Waals surface area contributed by atoms with Gasteiger partial charge in [-0.15, -0.1) is 0 Å². The zero-order chi connectivity index (χ0) is 15.0. The average Bonchev–Trinajstić information content (AvgIpc) is 3.34. The number of hydrogen-bond acceptors (Lipinski definition) is 3. The quantitative estimate of drug-likeness (QED) is 0.770. The van der Waals surface area contributed by atoms with Crippen molar-refractivity contribution in [3.8, 4) is 0 Å². The van der Waals surface area contributed by atoms with E-state index >= 15 is 0 Å². The highest BCUT2D eigenvalue weighted by Gasteiger charge is 2.28. The Labute approximate surface area is 131 Å². The van der Waals surface area contributed by atoms with Gasteiger partial charge in [-0.3, -0.25) is 0 Å². The minimum atomic E-state index is 0.498. The highest BCUT2D eigenvalue weighted by Crippen LogP contribution is 2.40. The van der Waals surface area contributed by atoms with Gasteiger partial charge < -0.3 is 4.90 Å². The molecular formula is C17H20ClN3. The molecular weight excluding hydrogens is 282 g/mol. The second kappa shape index (κ2) is 5.64. The van der Waals surface area contributed by atoms with E-state index in [9.17, 15) is 0 Å². The van der Waals surface area contributed by atoms with Crippen LogP contribution >= 0.6 is 11.6 Å². The number of anilines is 2. The number of halogens is 1. The van der Waals surface area contributed by atoms with Crippen LogP contribution in [0.1, 0.15) is 42.6 Å². The summed E-state index contributed by atoms with van der Waals surface area (Å²) in [6.07, 6.45) is 3.40. The Morgan fingerprint density at radius 2 is 1.86 bits per heavy atom. The van der Waals surface area contributed by atoms with Crippen LogP contribution < -0.4 is 4.90 Å². The lowest BCUT2D eigenvalue weighted by Gasteiger charge is -2.21. The van der Waals surface area contributed by atoms with E-state index in [-0.39, 0.29) is 0 Å². The maximum Gasteiger partial charge on any atom is 0.140 e. The van der Waals surface area contributed by atoms with Gasteiger partial charge in [0.15, 0.2) is 0 Å². The number of hydrogen-bond donors (Lipinski definition) is 0. The number of aryl methyl sites for hydroxylation is 1. The van der Waals surface area contributed by atoms with E-state index < -0.39 is 0 Å². The van der Waals surface area contributed by atoms with Crippen molar-refractivity contribution in [2.24, 2.45) is 0 Å². The lowest BCUT2D eigenvalue weighted by Crippen LogP contribution is -2.15. The van der Waals surface area contributed by atoms with Gasteiger partial charge in [0.25, 0.3) is 0 Å². The first-order chi connectivity index (χ1) is 10.1. The van der Waals surface area contributed by atoms with Crippen LogP contribution in [-0.4, -0.2) is 17.0 Å². The summed E-state index contributed by atoms with van der Waals surface area (Å²) < 4.78 is 0. The van der Waals surface area contributed by atoms with Crippen molar-refractivity contribution in [1.82, 2.24) is 9.97 Å². The second-order valence-electron chi connectivity index (χ2n) is 5.67. The summed E-state index contributed by atoms with van der Waals surface area (Å²) >= 11 is 6.29. The van der Waals surface area contributed by atoms with Gasteiger partial charge in [0, 0.05) is 24.2 Å². The van der Waals surface area contributed by atoms with Gasteiger partial charge in [0.05, 0.1) is 0 Å². The molecule has 0 aliphatic heterocycles. The Balaban J connectivity index is 1.97. The van der Waals surface area contributed by atoms with Crippen LogP contribution in [0.3, 0.4) is 0 Å². The third-order valence-electron chi connectivity index (χ3n) is 4.07. The standard InChI is InChI=1S/C17H20ClN3/c1-4-12-5-9-14(10-6-12)21(3)17-11(2)15(18)19-16(20-17)13-7-8-13/h5-6,9-10,13H,4,7-8H2,1-3H3. The molecule has 0 amide bonds. The summed E-state index contributed by atoms with van der Waals surface area (Å²) in [6.45, 7) is 4.14. The van der Waals surface area contributed by atoms with E-state index in [2.05, 4.69) is 41.1 Å². The van der Waals surface area contributed by atoms with Gasteiger partial charge in [-0.25, -0.2) is 9.97 Å². The summed E-state index contributed by atoms with van der Waals surface area (Å²) in [6, 6.07) is 8.58. The fourth-order valence-electron chi connectivity index (χ4n) is 2.42. The molecule has 1 aliphatic rings. The Bertz CT molecular complexity index is 648. The first-order valence-electron chi connectivity index (χ1n) is 7.47. The zero-order valence-electron chi connectivity index (χ0n) is 12.7. The molecule has 0 atom stereocenters. The molecule has 2 aromatic rings. The normalized spacial score (nSPS) is 14.3. The third kappa shape index (κ3) is 2.88. The molecule has 0 spiro atoms. The molecule has 3 nitrogen and oxygen atoms in total. The molecule has 1 aliphatic carbocycles. The monoisotopic (exact) mass is 301 g/mol. The third-order valence-corrected chi connectivity index (χ3v) is 4.44. The Kier molecular flexibility index (Phi) is 3.85. The second-order valence-corrected chi connectivity index (χ2v) is 6.03. The Morgan fingerprint density at radius 3 is 2.43 bits per heavy atom. The molecule has 4 heteroatoms. The molecule has 0 N–H and O–H groups in total. The largest absolute Gasteiger partial charge is 0.329 e. The first kappa shape index (κ1) is 14.3. The minimum Gasteiger partial charge on any atom is -0.329 e. The molecule has 3 rings (SSSR count). The van der Waals surface area contributed by atoms with E-state index in [4.69, 9.17) is 16.6 Å². The van der Waals surface area contributed by atoms with Crippen LogP contribution in [-0.2, 0) is 6.42 Å². The van der Waals surface area contributed by atoms with E-state index in [0.717, 1.165) is 29.3 Å². The van der Waals surface area contributed by atoms with Crippen molar-refractivity contribution in [2.75, 3.05) is 11.9 Å². The molecule has 1 saturated carbocycles. The van der Waals surface area contributed by atoms with Gasteiger partial charge in [-0.1, -0.05) is 30.7 Å². The zero-order valence-corrected chi connectivity index (χ0v) is 13.5. The maximum absolute atomic E-state index is 6.29. The van der Waals surface area contributed by atoms with Gasteiger partial charge in [-0.05, 0) is 43.9 Å². The average molecular weight is 302 g/mol. The van der Waals surface area contributed by atoms with Crippen molar-refractivity contribution in [1.29, 1.82) is 0 Å². The lowest BCUT2D eigenvalue weighted by atomic mass is 10.1. The van der Waals surface area contributed by atoms with Gasteiger partial charge >= 0.3 is 0 Å². The molecule has 0 radical (unpaired) electrons. The van der Waals surface area contributed by atoms with Crippen LogP contribution in [0.2, 0.25) is 5.15 Å². The molecule has 110 valence electrons. The summed E-state index contributed by atoms with van der Waals surface area (Å²) in [7, 11) is 2.03. The van der Waals surface area contributed by atoms with Gasteiger partial charge in [-0.2, -0.15) is 0 Å². The van der Waals surface area contributed by atoms with Crippen molar-refractivity contribution in [2.45, 2.75) is 39.0 Å². The molecule has 1 aromatic carbocycles. The molecule has 21 heavy (non-hydrogen) atoms. The molecule has 0 saturated heterocycles. The highest BCUT2D eigenvalue weighted by molar-refractivity contribution is 6.30. The van der Waals surface area contributed by atoms with E-state index in [1.54, 1.807) is 0 Å². The molecule has 0 unspecified atom stereocenters. The predicted molar refractivity (Wildman–Crippen MR) is 87.6 cm³/mol. The Hall–Kier alpha value is -1.61. The number of aromatic nitrogens is 2. The van der Waals surface area contributed by atoms with Crippen LogP contribution in [0.25, 0.3) is 0 Å². The van der Waals surface area contributed by atoms with Crippen molar-refractivity contribution < 1.29 is 0 Å². The number of benzene rings is 1. The minimum absolute atomic E-state index is 0.498. The number of nitrogens with zero attached hydrogens (tertiary/aromatic N) is 3. The van der Waals surface area contributed by atoms with Gasteiger partial charge in [0.2, 0.25) is 0 Å². The van der Waals surface area contributed by atoms with Crippen LogP contribution in [0.5, 0.6) is 0 Å². The van der Waals surface area contributed by atoms with E-state index in [0.29, 0.717) is 11.1 Å². The summed E-state index contributed by atoms with van der Waals surface area (Å²) in [5, 5.41) is 0.568. The van der Waals surface area contributed by atoms with E-state index in [1.807, 2.05) is 14.0 Å². The lowest BCUT2D eigenvalue weighted by molar-refractivity contribution is 0.904. The van der Waals surface area contributed by atoms with Crippen LogP contribution in [0, 0.1) is 6.92 Å². The highest BCUT2D eigenvalue weighted by atomic mass is 35.5.